The molecule has 0 spiro atoms. The largest absolute Gasteiger partial charge is 0.491 e. The molecule has 0 saturated carbocycles. The van der Waals surface area contributed by atoms with Gasteiger partial charge in [0.05, 0.1) is 0 Å². The van der Waals surface area contributed by atoms with Gasteiger partial charge in [-0.3, -0.25) is 0 Å². The van der Waals surface area contributed by atoms with Crippen LogP contribution < -0.4 is 10.1 Å². The zero-order valence-corrected chi connectivity index (χ0v) is 8.92. The number of halogens is 1. The molecule has 82 valence electrons. The lowest BCUT2D eigenvalue weighted by molar-refractivity contribution is 0.271. The summed E-state index contributed by atoms with van der Waals surface area (Å²) in [4.78, 5) is 0. The summed E-state index contributed by atoms with van der Waals surface area (Å²) in [6.07, 6.45) is 2.12. The van der Waals surface area contributed by atoms with Gasteiger partial charge < -0.3 is 10.1 Å². The van der Waals surface area contributed by atoms with Crippen molar-refractivity contribution in [3.8, 4) is 5.75 Å². The van der Waals surface area contributed by atoms with Gasteiger partial charge in [-0.2, -0.15) is 0 Å². The monoisotopic (exact) mass is 209 g/mol. The smallest absolute Gasteiger partial charge is 0.123 e. The Morgan fingerprint density at radius 3 is 3.13 bits per heavy atom. The standard InChI is InChI=1S/C12H16FNO/c1-14-11-6-5-10-9(11)3-2-4-12(10)15-8-7-13/h2-4,11,14H,5-8H2,1H3. The fourth-order valence-corrected chi connectivity index (χ4v) is 2.20. The zero-order valence-electron chi connectivity index (χ0n) is 8.92. The summed E-state index contributed by atoms with van der Waals surface area (Å²) in [6.45, 7) is -0.278. The molecule has 0 radical (unpaired) electrons. The fraction of sp³-hybridized carbons (Fsp3) is 0.500. The van der Waals surface area contributed by atoms with Gasteiger partial charge in [0.1, 0.15) is 19.0 Å². The van der Waals surface area contributed by atoms with Crippen molar-refractivity contribution in [2.24, 2.45) is 0 Å². The molecule has 15 heavy (non-hydrogen) atoms. The second kappa shape index (κ2) is 4.62. The molecule has 0 aromatic heterocycles. The lowest BCUT2D eigenvalue weighted by atomic mass is 10.1. The highest BCUT2D eigenvalue weighted by atomic mass is 19.1. The Balaban J connectivity index is 2.23. The lowest BCUT2D eigenvalue weighted by Crippen LogP contribution is -2.12. The number of nitrogens with one attached hydrogen (secondary N) is 1. The molecule has 0 bridgehead atoms. The summed E-state index contributed by atoms with van der Waals surface area (Å²) in [5.41, 5.74) is 2.54. The van der Waals surface area contributed by atoms with Crippen LogP contribution in [0.3, 0.4) is 0 Å². The zero-order chi connectivity index (χ0) is 10.7. The van der Waals surface area contributed by atoms with Crippen LogP contribution in [0.5, 0.6) is 5.75 Å². The molecule has 1 aliphatic rings. The Hall–Kier alpha value is -1.09. The van der Waals surface area contributed by atoms with Crippen LogP contribution in [-0.2, 0) is 6.42 Å². The third-order valence-corrected chi connectivity index (χ3v) is 2.91. The maximum absolute atomic E-state index is 12.0. The number of hydrogen-bond donors (Lipinski definition) is 1. The summed E-state index contributed by atoms with van der Waals surface area (Å²) in [5.74, 6) is 0.850. The minimum Gasteiger partial charge on any atom is -0.491 e. The molecule has 2 nitrogen and oxygen atoms in total. The third kappa shape index (κ3) is 1.97. The summed E-state index contributed by atoms with van der Waals surface area (Å²) in [6, 6.07) is 6.44. The molecule has 0 aliphatic heterocycles. The predicted octanol–water partition coefficient (Wildman–Crippen LogP) is 2.24. The van der Waals surface area contributed by atoms with Crippen molar-refractivity contribution in [1.29, 1.82) is 0 Å². The van der Waals surface area contributed by atoms with Crippen LogP contribution in [0.4, 0.5) is 4.39 Å². The van der Waals surface area contributed by atoms with E-state index in [1.54, 1.807) is 0 Å². The number of rotatable bonds is 4. The molecular formula is C12H16FNO. The van der Waals surface area contributed by atoms with Gasteiger partial charge in [0.15, 0.2) is 0 Å². The summed E-state index contributed by atoms with van der Waals surface area (Å²) in [5, 5.41) is 3.27. The maximum Gasteiger partial charge on any atom is 0.123 e. The van der Waals surface area contributed by atoms with Crippen molar-refractivity contribution in [2.45, 2.75) is 18.9 Å². The van der Waals surface area contributed by atoms with Crippen molar-refractivity contribution in [3.05, 3.63) is 29.3 Å². The SMILES string of the molecule is CNC1CCc2c(OCCF)cccc21. The molecule has 2 rings (SSSR count). The van der Waals surface area contributed by atoms with Crippen LogP contribution in [-0.4, -0.2) is 20.3 Å². The highest BCUT2D eigenvalue weighted by Gasteiger charge is 2.23. The van der Waals surface area contributed by atoms with E-state index in [-0.39, 0.29) is 6.61 Å². The van der Waals surface area contributed by atoms with Gasteiger partial charge in [0, 0.05) is 6.04 Å². The van der Waals surface area contributed by atoms with Crippen molar-refractivity contribution >= 4 is 0 Å². The lowest BCUT2D eigenvalue weighted by Gasteiger charge is -2.12. The van der Waals surface area contributed by atoms with Crippen molar-refractivity contribution in [3.63, 3.8) is 0 Å². The molecule has 0 heterocycles. The highest BCUT2D eigenvalue weighted by molar-refractivity contribution is 5.45. The first-order valence-corrected chi connectivity index (χ1v) is 5.34. The average molecular weight is 209 g/mol. The second-order valence-corrected chi connectivity index (χ2v) is 3.74. The van der Waals surface area contributed by atoms with E-state index < -0.39 is 6.67 Å². The summed E-state index contributed by atoms with van der Waals surface area (Å²) < 4.78 is 17.4. The Morgan fingerprint density at radius 1 is 1.53 bits per heavy atom. The van der Waals surface area contributed by atoms with E-state index in [4.69, 9.17) is 4.74 Å². The minimum absolute atomic E-state index is 0.153. The van der Waals surface area contributed by atoms with Gasteiger partial charge in [0.25, 0.3) is 0 Å². The van der Waals surface area contributed by atoms with Gasteiger partial charge >= 0.3 is 0 Å². The average Bonchev–Trinajstić information content (AvgIpc) is 2.69. The van der Waals surface area contributed by atoms with Crippen LogP contribution in [0.15, 0.2) is 18.2 Å². The van der Waals surface area contributed by atoms with E-state index in [1.165, 1.54) is 11.1 Å². The summed E-state index contributed by atoms with van der Waals surface area (Å²) in [7, 11) is 1.97. The first kappa shape index (κ1) is 10.4. The summed E-state index contributed by atoms with van der Waals surface area (Å²) >= 11 is 0. The number of ether oxygens (including phenoxy) is 1. The molecule has 0 fully saturated rings. The van der Waals surface area contributed by atoms with E-state index in [0.29, 0.717) is 6.04 Å². The van der Waals surface area contributed by atoms with Gasteiger partial charge in [-0.25, -0.2) is 4.39 Å². The van der Waals surface area contributed by atoms with Crippen molar-refractivity contribution in [2.75, 3.05) is 20.3 Å². The molecule has 1 unspecified atom stereocenters. The molecule has 1 aromatic rings. The molecule has 1 atom stereocenters. The molecule has 1 aliphatic carbocycles. The van der Waals surface area contributed by atoms with Crippen molar-refractivity contribution in [1.82, 2.24) is 5.32 Å². The van der Waals surface area contributed by atoms with Crippen LogP contribution in [0, 0.1) is 0 Å². The third-order valence-electron chi connectivity index (χ3n) is 2.91. The molecule has 0 saturated heterocycles. The van der Waals surface area contributed by atoms with Gasteiger partial charge in [-0.05, 0) is 37.1 Å². The second-order valence-electron chi connectivity index (χ2n) is 3.74. The number of hydrogen-bond acceptors (Lipinski definition) is 2. The Labute approximate surface area is 89.4 Å². The first-order chi connectivity index (χ1) is 7.36. The van der Waals surface area contributed by atoms with Gasteiger partial charge in [-0.1, -0.05) is 12.1 Å². The number of alkyl halides is 1. The van der Waals surface area contributed by atoms with Crippen LogP contribution in [0.1, 0.15) is 23.6 Å². The van der Waals surface area contributed by atoms with Crippen LogP contribution in [0.25, 0.3) is 0 Å². The molecular weight excluding hydrogens is 193 g/mol. The van der Waals surface area contributed by atoms with E-state index in [9.17, 15) is 4.39 Å². The Kier molecular flexibility index (Phi) is 3.21. The van der Waals surface area contributed by atoms with Gasteiger partial charge in [0.2, 0.25) is 0 Å². The Bertz CT molecular complexity index is 340. The van der Waals surface area contributed by atoms with E-state index in [0.717, 1.165) is 18.6 Å². The molecule has 3 heteroatoms. The van der Waals surface area contributed by atoms with E-state index >= 15 is 0 Å². The van der Waals surface area contributed by atoms with Crippen molar-refractivity contribution < 1.29 is 9.13 Å². The topological polar surface area (TPSA) is 21.3 Å². The van der Waals surface area contributed by atoms with E-state index in [1.807, 2.05) is 19.2 Å². The minimum atomic E-state index is -0.431. The molecule has 0 amide bonds. The maximum atomic E-state index is 12.0. The highest BCUT2D eigenvalue weighted by Crippen LogP contribution is 2.36. The van der Waals surface area contributed by atoms with E-state index in [2.05, 4.69) is 11.4 Å². The quantitative estimate of drug-likeness (QED) is 0.821. The predicted molar refractivity (Wildman–Crippen MR) is 58.0 cm³/mol. The van der Waals surface area contributed by atoms with Crippen LogP contribution in [0.2, 0.25) is 0 Å². The molecule has 1 aromatic carbocycles. The first-order valence-electron chi connectivity index (χ1n) is 5.34. The number of fused-ring (bicyclic) bond motifs is 1. The van der Waals surface area contributed by atoms with Crippen LogP contribution >= 0.6 is 0 Å². The van der Waals surface area contributed by atoms with Gasteiger partial charge in [-0.15, -0.1) is 0 Å². The molecule has 1 N–H and O–H groups in total. The number of benzene rings is 1. The normalized spacial score (nSPS) is 18.9. The Morgan fingerprint density at radius 2 is 2.40 bits per heavy atom. The fourth-order valence-electron chi connectivity index (χ4n) is 2.20.